The van der Waals surface area contributed by atoms with Gasteiger partial charge in [-0.2, -0.15) is 13.2 Å². The molecule has 2 heterocycles. The van der Waals surface area contributed by atoms with Gasteiger partial charge in [0.05, 0.1) is 25.0 Å². The van der Waals surface area contributed by atoms with Gasteiger partial charge >= 0.3 is 6.18 Å². The smallest absolute Gasteiger partial charge is 0.416 e. The number of pyridine rings is 1. The number of alkyl halides is 3. The largest absolute Gasteiger partial charge is 0.486 e. The Hall–Kier alpha value is -3.10. The van der Waals surface area contributed by atoms with Crippen molar-refractivity contribution in [2.75, 3.05) is 19.8 Å². The number of hydrogen-bond acceptors (Lipinski definition) is 5. The first kappa shape index (κ1) is 20.2. The standard InChI is InChI=1S/C22H18F3NO4/c23-22(24,25)17-3-1-4-19(13-17)30-18-8-6-16(7-9-18)21(28-11-12-29-21)15-27-20-5-2-10-26-14-20/h1-10,13-14H,11-12,15H2. The first-order chi connectivity index (χ1) is 14.4. The topological polar surface area (TPSA) is 49.8 Å². The van der Waals surface area contributed by atoms with Gasteiger partial charge in [-0.05, 0) is 54.6 Å². The van der Waals surface area contributed by atoms with Crippen LogP contribution in [0.15, 0.2) is 73.1 Å². The highest BCUT2D eigenvalue weighted by atomic mass is 19.4. The second kappa shape index (κ2) is 8.33. The van der Waals surface area contributed by atoms with Crippen molar-refractivity contribution in [1.82, 2.24) is 4.98 Å². The van der Waals surface area contributed by atoms with Crippen LogP contribution in [0.25, 0.3) is 0 Å². The van der Waals surface area contributed by atoms with Crippen molar-refractivity contribution in [2.24, 2.45) is 0 Å². The summed E-state index contributed by atoms with van der Waals surface area (Å²) in [5.74, 6) is -0.00895. The van der Waals surface area contributed by atoms with Crippen LogP contribution in [-0.4, -0.2) is 24.8 Å². The number of halogens is 3. The number of benzene rings is 2. The summed E-state index contributed by atoms with van der Waals surface area (Å²) in [4.78, 5) is 4.00. The highest BCUT2D eigenvalue weighted by molar-refractivity contribution is 5.37. The maximum absolute atomic E-state index is 12.9. The number of ether oxygens (including phenoxy) is 4. The van der Waals surface area contributed by atoms with Crippen LogP contribution in [0.3, 0.4) is 0 Å². The summed E-state index contributed by atoms with van der Waals surface area (Å²) in [6.07, 6.45) is -1.19. The zero-order valence-corrected chi connectivity index (χ0v) is 15.8. The highest BCUT2D eigenvalue weighted by Gasteiger charge is 2.40. The Morgan fingerprint density at radius 2 is 1.63 bits per heavy atom. The van der Waals surface area contributed by atoms with Gasteiger partial charge in [0.15, 0.2) is 0 Å². The van der Waals surface area contributed by atoms with E-state index in [0.717, 1.165) is 12.1 Å². The molecule has 0 radical (unpaired) electrons. The van der Waals surface area contributed by atoms with E-state index in [0.29, 0.717) is 30.3 Å². The van der Waals surface area contributed by atoms with E-state index in [4.69, 9.17) is 18.9 Å². The van der Waals surface area contributed by atoms with Gasteiger partial charge in [0.25, 0.3) is 0 Å². The second-order valence-electron chi connectivity index (χ2n) is 6.58. The lowest BCUT2D eigenvalue weighted by molar-refractivity contribution is -0.185. The third kappa shape index (κ3) is 4.55. The van der Waals surface area contributed by atoms with Crippen molar-refractivity contribution < 1.29 is 32.1 Å². The van der Waals surface area contributed by atoms with Gasteiger partial charge in [0.1, 0.15) is 23.9 Å². The van der Waals surface area contributed by atoms with Crippen LogP contribution >= 0.6 is 0 Å². The minimum absolute atomic E-state index is 0.0977. The van der Waals surface area contributed by atoms with Crippen LogP contribution in [-0.2, 0) is 21.4 Å². The van der Waals surface area contributed by atoms with Gasteiger partial charge in [-0.1, -0.05) is 6.07 Å². The minimum atomic E-state index is -4.43. The fraction of sp³-hybridized carbons (Fsp3) is 0.227. The third-order valence-corrected chi connectivity index (χ3v) is 4.51. The monoisotopic (exact) mass is 417 g/mol. The van der Waals surface area contributed by atoms with Crippen LogP contribution in [0, 0.1) is 0 Å². The molecule has 156 valence electrons. The first-order valence-electron chi connectivity index (χ1n) is 9.21. The van der Waals surface area contributed by atoms with Gasteiger partial charge in [-0.15, -0.1) is 0 Å². The van der Waals surface area contributed by atoms with Gasteiger partial charge in [0.2, 0.25) is 5.79 Å². The molecule has 0 amide bonds. The van der Waals surface area contributed by atoms with E-state index < -0.39 is 17.5 Å². The fourth-order valence-corrected chi connectivity index (χ4v) is 3.05. The molecule has 30 heavy (non-hydrogen) atoms. The van der Waals surface area contributed by atoms with E-state index in [1.54, 1.807) is 48.8 Å². The molecule has 0 bridgehead atoms. The van der Waals surface area contributed by atoms with Gasteiger partial charge in [-0.25, -0.2) is 0 Å². The normalized spacial score (nSPS) is 15.7. The molecule has 0 spiro atoms. The number of rotatable bonds is 6. The summed E-state index contributed by atoms with van der Waals surface area (Å²) in [5, 5.41) is 0. The minimum Gasteiger partial charge on any atom is -0.486 e. The predicted molar refractivity (Wildman–Crippen MR) is 101 cm³/mol. The molecule has 8 heteroatoms. The molecule has 1 aliphatic rings. The highest BCUT2D eigenvalue weighted by Crippen LogP contribution is 2.35. The summed E-state index contributed by atoms with van der Waals surface area (Å²) >= 11 is 0. The van der Waals surface area contributed by atoms with Gasteiger partial charge in [-0.3, -0.25) is 4.98 Å². The van der Waals surface area contributed by atoms with Gasteiger partial charge < -0.3 is 18.9 Å². The average Bonchev–Trinajstić information content (AvgIpc) is 3.23. The maximum atomic E-state index is 12.9. The Morgan fingerprint density at radius 1 is 0.900 bits per heavy atom. The predicted octanol–water partition coefficient (Wildman–Crippen LogP) is 5.17. The molecule has 0 aliphatic carbocycles. The van der Waals surface area contributed by atoms with Crippen molar-refractivity contribution in [1.29, 1.82) is 0 Å². The summed E-state index contributed by atoms with van der Waals surface area (Å²) in [6.45, 7) is 0.949. The molecule has 1 aliphatic heterocycles. The van der Waals surface area contributed by atoms with E-state index in [1.807, 2.05) is 0 Å². The molecule has 3 aromatic rings. The summed E-state index contributed by atoms with van der Waals surface area (Å²) in [6, 6.07) is 15.0. The lowest BCUT2D eigenvalue weighted by atomic mass is 10.1. The fourth-order valence-electron chi connectivity index (χ4n) is 3.05. The molecule has 2 aromatic carbocycles. The quantitative estimate of drug-likeness (QED) is 0.554. The molecule has 1 saturated heterocycles. The Labute approximate surface area is 171 Å². The van der Waals surface area contributed by atoms with Crippen LogP contribution < -0.4 is 9.47 Å². The maximum Gasteiger partial charge on any atom is 0.416 e. The number of nitrogens with zero attached hydrogens (tertiary/aromatic N) is 1. The molecular formula is C22H18F3NO4. The molecular weight excluding hydrogens is 399 g/mol. The average molecular weight is 417 g/mol. The molecule has 5 nitrogen and oxygen atoms in total. The molecule has 1 aromatic heterocycles. The first-order valence-corrected chi connectivity index (χ1v) is 9.21. The van der Waals surface area contributed by atoms with E-state index in [-0.39, 0.29) is 12.4 Å². The number of hydrogen-bond donors (Lipinski definition) is 0. The van der Waals surface area contributed by atoms with Crippen molar-refractivity contribution in [2.45, 2.75) is 12.0 Å². The summed E-state index contributed by atoms with van der Waals surface area (Å²) in [7, 11) is 0. The molecule has 0 unspecified atom stereocenters. The molecule has 0 atom stereocenters. The zero-order chi connectivity index (χ0) is 21.0. The lowest BCUT2D eigenvalue weighted by Gasteiger charge is -2.27. The zero-order valence-electron chi connectivity index (χ0n) is 15.8. The van der Waals surface area contributed by atoms with E-state index in [2.05, 4.69) is 4.98 Å². The lowest BCUT2D eigenvalue weighted by Crippen LogP contribution is -2.34. The van der Waals surface area contributed by atoms with Crippen molar-refractivity contribution >= 4 is 0 Å². The van der Waals surface area contributed by atoms with E-state index >= 15 is 0 Å². The Bertz CT molecular complexity index is 972. The molecule has 0 saturated carbocycles. The second-order valence-corrected chi connectivity index (χ2v) is 6.58. The van der Waals surface area contributed by atoms with Crippen LogP contribution in [0.2, 0.25) is 0 Å². The Morgan fingerprint density at radius 3 is 2.30 bits per heavy atom. The van der Waals surface area contributed by atoms with Crippen LogP contribution in [0.5, 0.6) is 17.2 Å². The summed E-state index contributed by atoms with van der Waals surface area (Å²) in [5.41, 5.74) is -0.0591. The molecule has 4 rings (SSSR count). The Balaban J connectivity index is 1.49. The van der Waals surface area contributed by atoms with Crippen molar-refractivity contribution in [3.63, 3.8) is 0 Å². The van der Waals surface area contributed by atoms with Gasteiger partial charge in [0, 0.05) is 11.8 Å². The third-order valence-electron chi connectivity index (χ3n) is 4.51. The molecule has 0 N–H and O–H groups in total. The van der Waals surface area contributed by atoms with E-state index in [1.165, 1.54) is 12.1 Å². The molecule has 1 fully saturated rings. The summed E-state index contributed by atoms with van der Waals surface area (Å²) < 4.78 is 61.6. The van der Waals surface area contributed by atoms with Crippen LogP contribution in [0.4, 0.5) is 13.2 Å². The Kier molecular flexibility index (Phi) is 5.61. The SMILES string of the molecule is FC(F)(F)c1cccc(Oc2ccc(C3(COc4cccnc4)OCCO3)cc2)c1. The van der Waals surface area contributed by atoms with Crippen molar-refractivity contribution in [3.8, 4) is 17.2 Å². The van der Waals surface area contributed by atoms with Crippen molar-refractivity contribution in [3.05, 3.63) is 84.2 Å². The van der Waals surface area contributed by atoms with E-state index in [9.17, 15) is 13.2 Å². The number of aromatic nitrogens is 1. The van der Waals surface area contributed by atoms with Crippen LogP contribution in [0.1, 0.15) is 11.1 Å².